The third-order valence-corrected chi connectivity index (χ3v) is 4.77. The maximum Gasteiger partial charge on any atom is 0.243 e. The number of likely N-dealkylation sites (N-methyl/N-ethyl adjacent to an activating group) is 1. The second-order valence-electron chi connectivity index (χ2n) is 6.05. The molecule has 0 saturated carbocycles. The molecule has 1 rings (SSSR count). The van der Waals surface area contributed by atoms with Crippen molar-refractivity contribution < 1.29 is 13.2 Å². The quantitative estimate of drug-likeness (QED) is 0.898. The first-order valence-electron chi connectivity index (χ1n) is 6.51. The Bertz CT molecular complexity index is 592. The second kappa shape index (κ2) is 6.77. The molecule has 0 bridgehead atoms. The highest BCUT2D eigenvalue weighted by Gasteiger charge is 2.23. The zero-order chi connectivity index (χ0) is 16.3. The van der Waals surface area contributed by atoms with Crippen molar-refractivity contribution >= 4 is 27.5 Å². The molecule has 0 radical (unpaired) electrons. The number of rotatable bonds is 5. The molecule has 0 aromatic heterocycles. The van der Waals surface area contributed by atoms with Gasteiger partial charge in [-0.1, -0.05) is 32.4 Å². The van der Waals surface area contributed by atoms with Gasteiger partial charge in [0.2, 0.25) is 15.9 Å². The van der Waals surface area contributed by atoms with Crippen LogP contribution in [0.15, 0.2) is 29.2 Å². The van der Waals surface area contributed by atoms with Crippen LogP contribution in [0.1, 0.15) is 20.8 Å². The van der Waals surface area contributed by atoms with Crippen LogP contribution in [0.25, 0.3) is 0 Å². The lowest BCUT2D eigenvalue weighted by Crippen LogP contribution is -2.41. The number of carbonyl (C=O) groups excluding carboxylic acids is 1. The Morgan fingerprint density at radius 1 is 1.24 bits per heavy atom. The monoisotopic (exact) mass is 332 g/mol. The molecule has 0 unspecified atom stereocenters. The maximum absolute atomic E-state index is 12.3. The summed E-state index contributed by atoms with van der Waals surface area (Å²) in [6, 6.07) is 5.84. The summed E-state index contributed by atoms with van der Waals surface area (Å²) >= 11 is 5.74. The Kier molecular flexibility index (Phi) is 5.78. The van der Waals surface area contributed by atoms with Gasteiger partial charge in [0, 0.05) is 18.6 Å². The fourth-order valence-corrected chi connectivity index (χ4v) is 2.75. The standard InChI is InChI=1S/C14H21ClN2O3S/c1-14(2,3)10-16-13(18)9-17(4)21(19,20)12-7-5-11(15)6-8-12/h5-8H,9-10H2,1-4H3,(H,16,18). The number of nitrogens with zero attached hydrogens (tertiary/aromatic N) is 1. The maximum atomic E-state index is 12.3. The highest BCUT2D eigenvalue weighted by atomic mass is 35.5. The third-order valence-electron chi connectivity index (χ3n) is 2.70. The van der Waals surface area contributed by atoms with Gasteiger partial charge in [-0.3, -0.25) is 4.79 Å². The van der Waals surface area contributed by atoms with E-state index in [1.165, 1.54) is 31.3 Å². The van der Waals surface area contributed by atoms with E-state index in [0.717, 1.165) is 4.31 Å². The van der Waals surface area contributed by atoms with Gasteiger partial charge in [0.05, 0.1) is 11.4 Å². The Labute approximate surface area is 131 Å². The van der Waals surface area contributed by atoms with Gasteiger partial charge < -0.3 is 5.32 Å². The van der Waals surface area contributed by atoms with Gasteiger partial charge in [-0.05, 0) is 29.7 Å². The van der Waals surface area contributed by atoms with Crippen LogP contribution in [0.3, 0.4) is 0 Å². The highest BCUT2D eigenvalue weighted by Crippen LogP contribution is 2.17. The molecule has 0 aliphatic heterocycles. The summed E-state index contributed by atoms with van der Waals surface area (Å²) in [5.74, 6) is -0.329. The molecule has 0 fully saturated rings. The Balaban J connectivity index is 2.72. The highest BCUT2D eigenvalue weighted by molar-refractivity contribution is 7.89. The number of amides is 1. The molecule has 1 amide bonds. The number of halogens is 1. The zero-order valence-electron chi connectivity index (χ0n) is 12.7. The number of sulfonamides is 1. The lowest BCUT2D eigenvalue weighted by atomic mass is 9.97. The number of nitrogens with one attached hydrogen (secondary N) is 1. The molecule has 7 heteroatoms. The Morgan fingerprint density at radius 2 is 1.76 bits per heavy atom. The lowest BCUT2D eigenvalue weighted by Gasteiger charge is -2.21. The molecule has 0 spiro atoms. The van der Waals surface area contributed by atoms with Crippen molar-refractivity contribution in [3.8, 4) is 0 Å². The average molecular weight is 333 g/mol. The molecular formula is C14H21ClN2O3S. The van der Waals surface area contributed by atoms with Crippen LogP contribution < -0.4 is 5.32 Å². The van der Waals surface area contributed by atoms with Crippen molar-refractivity contribution in [3.05, 3.63) is 29.3 Å². The molecular weight excluding hydrogens is 312 g/mol. The van der Waals surface area contributed by atoms with E-state index in [4.69, 9.17) is 11.6 Å². The zero-order valence-corrected chi connectivity index (χ0v) is 14.3. The van der Waals surface area contributed by atoms with Crippen molar-refractivity contribution in [2.24, 2.45) is 5.41 Å². The van der Waals surface area contributed by atoms with E-state index in [9.17, 15) is 13.2 Å². The van der Waals surface area contributed by atoms with Crippen molar-refractivity contribution in [3.63, 3.8) is 0 Å². The van der Waals surface area contributed by atoms with E-state index in [1.54, 1.807) is 0 Å². The van der Waals surface area contributed by atoms with E-state index in [-0.39, 0.29) is 22.8 Å². The number of carbonyl (C=O) groups is 1. The molecule has 0 saturated heterocycles. The summed E-state index contributed by atoms with van der Waals surface area (Å²) < 4.78 is 25.6. The van der Waals surface area contributed by atoms with Gasteiger partial charge >= 0.3 is 0 Å². The molecule has 1 aromatic rings. The first-order chi connectivity index (χ1) is 9.52. The van der Waals surface area contributed by atoms with Crippen molar-refractivity contribution in [1.29, 1.82) is 0 Å². The van der Waals surface area contributed by atoms with Gasteiger partial charge in [-0.2, -0.15) is 4.31 Å². The first-order valence-corrected chi connectivity index (χ1v) is 8.33. The fourth-order valence-electron chi connectivity index (χ4n) is 1.49. The summed E-state index contributed by atoms with van der Waals surface area (Å²) in [4.78, 5) is 11.9. The van der Waals surface area contributed by atoms with E-state index in [0.29, 0.717) is 11.6 Å². The summed E-state index contributed by atoms with van der Waals surface area (Å²) in [7, 11) is -2.32. The van der Waals surface area contributed by atoms with Crippen molar-refractivity contribution in [2.75, 3.05) is 20.1 Å². The smallest absolute Gasteiger partial charge is 0.243 e. The minimum atomic E-state index is -3.69. The molecule has 0 atom stereocenters. The normalized spacial score (nSPS) is 12.5. The predicted octanol–water partition coefficient (Wildman–Crippen LogP) is 2.12. The Hall–Kier alpha value is -1.11. The van der Waals surface area contributed by atoms with E-state index < -0.39 is 10.0 Å². The third kappa shape index (κ3) is 5.65. The molecule has 0 heterocycles. The largest absolute Gasteiger partial charge is 0.354 e. The van der Waals surface area contributed by atoms with Gasteiger partial charge in [0.25, 0.3) is 0 Å². The average Bonchev–Trinajstić information content (AvgIpc) is 2.36. The molecule has 118 valence electrons. The van der Waals surface area contributed by atoms with Crippen molar-refractivity contribution in [1.82, 2.24) is 9.62 Å². The lowest BCUT2D eigenvalue weighted by molar-refractivity contribution is -0.121. The summed E-state index contributed by atoms with van der Waals surface area (Å²) in [5, 5.41) is 3.18. The van der Waals surface area contributed by atoms with Gasteiger partial charge in [-0.15, -0.1) is 0 Å². The van der Waals surface area contributed by atoms with E-state index >= 15 is 0 Å². The molecule has 1 aromatic carbocycles. The number of benzene rings is 1. The number of hydrogen-bond acceptors (Lipinski definition) is 3. The molecule has 5 nitrogen and oxygen atoms in total. The minimum absolute atomic E-state index is 0.0523. The van der Waals surface area contributed by atoms with Crippen LogP contribution in [-0.4, -0.2) is 38.8 Å². The molecule has 0 aliphatic carbocycles. The predicted molar refractivity (Wildman–Crippen MR) is 83.7 cm³/mol. The van der Waals surface area contributed by atoms with E-state index in [2.05, 4.69) is 5.32 Å². The van der Waals surface area contributed by atoms with Crippen molar-refractivity contribution in [2.45, 2.75) is 25.7 Å². The van der Waals surface area contributed by atoms with Crippen LogP contribution in [0.4, 0.5) is 0 Å². The molecule has 21 heavy (non-hydrogen) atoms. The van der Waals surface area contributed by atoms with Crippen LogP contribution >= 0.6 is 11.6 Å². The topological polar surface area (TPSA) is 66.5 Å². The van der Waals surface area contributed by atoms with E-state index in [1.807, 2.05) is 20.8 Å². The summed E-state index contributed by atoms with van der Waals surface area (Å²) in [6.45, 7) is 6.23. The van der Waals surface area contributed by atoms with Gasteiger partial charge in [0.1, 0.15) is 0 Å². The number of hydrogen-bond donors (Lipinski definition) is 1. The molecule has 1 N–H and O–H groups in total. The summed E-state index contributed by atoms with van der Waals surface area (Å²) in [5.41, 5.74) is -0.0523. The van der Waals surface area contributed by atoms with Crippen LogP contribution in [0.2, 0.25) is 5.02 Å². The summed E-state index contributed by atoms with van der Waals surface area (Å²) in [6.07, 6.45) is 0. The van der Waals surface area contributed by atoms with Crippen LogP contribution in [0, 0.1) is 5.41 Å². The first kappa shape index (κ1) is 17.9. The second-order valence-corrected chi connectivity index (χ2v) is 8.53. The fraction of sp³-hybridized carbons (Fsp3) is 0.500. The van der Waals surface area contributed by atoms with Gasteiger partial charge in [-0.25, -0.2) is 8.42 Å². The van der Waals surface area contributed by atoms with Gasteiger partial charge in [0.15, 0.2) is 0 Å². The Morgan fingerprint density at radius 3 is 2.24 bits per heavy atom. The molecule has 0 aliphatic rings. The van der Waals surface area contributed by atoms with Crippen LogP contribution in [0.5, 0.6) is 0 Å². The SMILES string of the molecule is CN(CC(=O)NCC(C)(C)C)S(=O)(=O)c1ccc(Cl)cc1. The van der Waals surface area contributed by atoms with Crippen LogP contribution in [-0.2, 0) is 14.8 Å². The minimum Gasteiger partial charge on any atom is -0.354 e.